The second-order valence-electron chi connectivity index (χ2n) is 14.5. The van der Waals surface area contributed by atoms with Crippen molar-refractivity contribution in [3.05, 3.63) is 188 Å². The lowest BCUT2D eigenvalue weighted by Gasteiger charge is -2.41. The molecule has 0 bridgehead atoms. The molecule has 0 fully saturated rings. The summed E-state index contributed by atoms with van der Waals surface area (Å²) < 4.78 is 2.58. The van der Waals surface area contributed by atoms with E-state index in [0.29, 0.717) is 0 Å². The van der Waals surface area contributed by atoms with Gasteiger partial charge in [0.2, 0.25) is 0 Å². The van der Waals surface area contributed by atoms with Gasteiger partial charge in [-0.3, -0.25) is 0 Å². The maximum absolute atomic E-state index is 2.58. The Kier molecular flexibility index (Phi) is 5.89. The van der Waals surface area contributed by atoms with E-state index in [2.05, 4.69) is 198 Å². The van der Waals surface area contributed by atoms with E-state index in [9.17, 15) is 0 Å². The molecule has 0 atom stereocenters. The molecule has 12 rings (SSSR count). The molecule has 10 aromatic rings. The largest absolute Gasteiger partial charge is 0.311 e. The summed E-state index contributed by atoms with van der Waals surface area (Å²) in [5, 5.41) is 7.74. The Morgan fingerprint density at radius 1 is 0.377 bits per heavy atom. The fourth-order valence-electron chi connectivity index (χ4n) is 9.42. The van der Waals surface area contributed by atoms with Gasteiger partial charge in [0.25, 0.3) is 6.71 Å². The molecule has 2 aliphatic heterocycles. The minimum absolute atomic E-state index is 0.0537. The predicted octanol–water partition coefficient (Wildman–Crippen LogP) is 11.0. The fraction of sp³-hybridized carbons (Fsp3) is 0. The molecule has 0 unspecified atom stereocenters. The maximum atomic E-state index is 2.58. The molecule has 53 heavy (non-hydrogen) atoms. The van der Waals surface area contributed by atoms with Gasteiger partial charge in [-0.1, -0.05) is 152 Å². The van der Waals surface area contributed by atoms with Gasteiger partial charge in [0.05, 0.1) is 11.0 Å². The van der Waals surface area contributed by atoms with Crippen LogP contribution in [0.15, 0.2) is 188 Å². The van der Waals surface area contributed by atoms with Gasteiger partial charge in [-0.05, 0) is 96.6 Å². The number of hydrogen-bond acceptors (Lipinski definition) is 1. The zero-order chi connectivity index (χ0) is 34.6. The van der Waals surface area contributed by atoms with Gasteiger partial charge in [0.1, 0.15) is 0 Å². The van der Waals surface area contributed by atoms with Crippen LogP contribution in [0, 0.1) is 0 Å². The van der Waals surface area contributed by atoms with Gasteiger partial charge < -0.3 is 9.47 Å². The molecule has 3 heterocycles. The molecular formula is C50H31BN2. The quantitative estimate of drug-likeness (QED) is 0.170. The minimum atomic E-state index is 0.0537. The van der Waals surface area contributed by atoms with Crippen LogP contribution < -0.4 is 21.3 Å². The first-order chi connectivity index (χ1) is 26.3. The SMILES string of the molecule is c1ccc(-c2ccc(-c3cc4c5c(c3)-n3c6ccccc6c6c7ccccc7cc(c63)B5c3cc5ccccc5cc3N4c3ccccc3)cc2)cc1. The molecule has 0 radical (unpaired) electrons. The second kappa shape index (κ2) is 10.8. The van der Waals surface area contributed by atoms with E-state index in [1.807, 2.05) is 0 Å². The van der Waals surface area contributed by atoms with Crippen LogP contribution in [-0.4, -0.2) is 11.3 Å². The molecule has 0 amide bonds. The van der Waals surface area contributed by atoms with E-state index in [1.54, 1.807) is 0 Å². The summed E-state index contributed by atoms with van der Waals surface area (Å²) in [6.45, 7) is 0.0537. The lowest BCUT2D eigenvalue weighted by Crippen LogP contribution is -2.60. The third kappa shape index (κ3) is 4.05. The number of hydrogen-bond donors (Lipinski definition) is 0. The number of nitrogens with zero attached hydrogens (tertiary/aromatic N) is 2. The van der Waals surface area contributed by atoms with Crippen molar-refractivity contribution in [1.82, 2.24) is 4.57 Å². The number of anilines is 3. The number of aromatic nitrogens is 1. The Morgan fingerprint density at radius 2 is 0.943 bits per heavy atom. The average Bonchev–Trinajstić information content (AvgIpc) is 3.58. The lowest BCUT2D eigenvalue weighted by atomic mass is 9.33. The van der Waals surface area contributed by atoms with Crippen molar-refractivity contribution in [1.29, 1.82) is 0 Å². The molecular weight excluding hydrogens is 639 g/mol. The van der Waals surface area contributed by atoms with Gasteiger partial charge in [-0.25, -0.2) is 0 Å². The summed E-state index contributed by atoms with van der Waals surface area (Å²) in [6.07, 6.45) is 0. The van der Waals surface area contributed by atoms with E-state index in [4.69, 9.17) is 0 Å². The van der Waals surface area contributed by atoms with Gasteiger partial charge >= 0.3 is 0 Å². The normalized spacial score (nSPS) is 12.8. The van der Waals surface area contributed by atoms with E-state index >= 15 is 0 Å². The standard InChI is InChI=1S/C50H31BN2/c1-3-13-32(14-4-1)33-23-25-34(26-24-33)38-30-46-49-47(31-38)53-44-22-12-11-21-41(44)48-40-20-10-9-17-37(40)28-43(50(48)53)51(49)42-27-35-15-7-8-16-36(35)29-45(42)52(46)39-18-5-2-6-19-39/h1-31H. The average molecular weight is 671 g/mol. The van der Waals surface area contributed by atoms with Gasteiger partial charge in [-0.2, -0.15) is 0 Å². The molecule has 0 saturated carbocycles. The van der Waals surface area contributed by atoms with Crippen LogP contribution in [0.1, 0.15) is 0 Å². The van der Waals surface area contributed by atoms with Crippen molar-refractivity contribution >= 4 is 83.5 Å². The molecule has 2 aliphatic rings. The van der Waals surface area contributed by atoms with Crippen LogP contribution in [0.25, 0.3) is 71.3 Å². The van der Waals surface area contributed by atoms with Crippen molar-refractivity contribution in [2.24, 2.45) is 0 Å². The lowest BCUT2D eigenvalue weighted by molar-refractivity contribution is 1.18. The van der Waals surface area contributed by atoms with Gasteiger partial charge in [0, 0.05) is 33.5 Å². The van der Waals surface area contributed by atoms with Crippen molar-refractivity contribution in [2.45, 2.75) is 0 Å². The number of fused-ring (bicyclic) bond motifs is 10. The first-order valence-electron chi connectivity index (χ1n) is 18.5. The van der Waals surface area contributed by atoms with E-state index in [0.717, 1.165) is 5.69 Å². The summed E-state index contributed by atoms with van der Waals surface area (Å²) >= 11 is 0. The first-order valence-corrected chi connectivity index (χ1v) is 18.5. The molecule has 0 aliphatic carbocycles. The zero-order valence-corrected chi connectivity index (χ0v) is 28.9. The maximum Gasteiger partial charge on any atom is 0.252 e. The summed E-state index contributed by atoms with van der Waals surface area (Å²) in [4.78, 5) is 2.52. The van der Waals surface area contributed by atoms with Crippen LogP contribution in [-0.2, 0) is 0 Å². The summed E-state index contributed by atoms with van der Waals surface area (Å²) in [6, 6.07) is 69.7. The highest BCUT2D eigenvalue weighted by Crippen LogP contribution is 2.45. The highest BCUT2D eigenvalue weighted by atomic mass is 15.2. The fourth-order valence-corrected chi connectivity index (χ4v) is 9.42. The third-order valence-electron chi connectivity index (χ3n) is 11.7. The van der Waals surface area contributed by atoms with E-state index in [-0.39, 0.29) is 6.71 Å². The Balaban J connectivity index is 1.24. The highest BCUT2D eigenvalue weighted by Gasteiger charge is 2.43. The Morgan fingerprint density at radius 3 is 1.72 bits per heavy atom. The molecule has 244 valence electrons. The molecule has 2 nitrogen and oxygen atoms in total. The zero-order valence-electron chi connectivity index (χ0n) is 28.9. The van der Waals surface area contributed by atoms with Crippen molar-refractivity contribution in [3.8, 4) is 27.9 Å². The topological polar surface area (TPSA) is 8.17 Å². The van der Waals surface area contributed by atoms with Crippen LogP contribution >= 0.6 is 0 Å². The number of benzene rings is 9. The Hall–Kier alpha value is -6.84. The Bertz CT molecular complexity index is 3110. The van der Waals surface area contributed by atoms with Crippen molar-refractivity contribution in [2.75, 3.05) is 4.90 Å². The molecule has 1 aromatic heterocycles. The van der Waals surface area contributed by atoms with Crippen LogP contribution in [0.4, 0.5) is 17.1 Å². The summed E-state index contributed by atoms with van der Waals surface area (Å²) in [7, 11) is 0. The van der Waals surface area contributed by atoms with Crippen molar-refractivity contribution in [3.63, 3.8) is 0 Å². The minimum Gasteiger partial charge on any atom is -0.311 e. The van der Waals surface area contributed by atoms with Crippen LogP contribution in [0.5, 0.6) is 0 Å². The summed E-state index contributed by atoms with van der Waals surface area (Å²) in [5.41, 5.74) is 16.4. The molecule has 3 heteroatoms. The monoisotopic (exact) mass is 670 g/mol. The van der Waals surface area contributed by atoms with Crippen molar-refractivity contribution < 1.29 is 0 Å². The highest BCUT2D eigenvalue weighted by molar-refractivity contribution is 7.00. The predicted molar refractivity (Wildman–Crippen MR) is 226 cm³/mol. The van der Waals surface area contributed by atoms with Gasteiger partial charge in [0.15, 0.2) is 0 Å². The summed E-state index contributed by atoms with van der Waals surface area (Å²) in [5.74, 6) is 0. The molecule has 0 spiro atoms. The molecule has 9 aromatic carbocycles. The molecule has 0 N–H and O–H groups in total. The van der Waals surface area contributed by atoms with Gasteiger partial charge in [-0.15, -0.1) is 0 Å². The first kappa shape index (κ1) is 28.8. The van der Waals surface area contributed by atoms with Crippen LogP contribution in [0.3, 0.4) is 0 Å². The Labute approximate surface area is 307 Å². The number of para-hydroxylation sites is 2. The van der Waals surface area contributed by atoms with Crippen LogP contribution in [0.2, 0.25) is 0 Å². The smallest absolute Gasteiger partial charge is 0.252 e. The van der Waals surface area contributed by atoms with E-state index in [1.165, 1.54) is 99.1 Å². The van der Waals surface area contributed by atoms with E-state index < -0.39 is 0 Å². The third-order valence-corrected chi connectivity index (χ3v) is 11.7. The molecule has 0 saturated heterocycles. The second-order valence-corrected chi connectivity index (χ2v) is 14.5. The number of rotatable bonds is 3.